The van der Waals surface area contributed by atoms with Gasteiger partial charge in [0.25, 0.3) is 5.91 Å². The zero-order valence-corrected chi connectivity index (χ0v) is 19.4. The molecule has 0 aliphatic carbocycles. The average molecular weight is 461 g/mol. The molecule has 168 valence electrons. The Labute approximate surface area is 195 Å². The number of nitrogens with zero attached hydrogens (tertiary/aromatic N) is 6. The van der Waals surface area contributed by atoms with Gasteiger partial charge in [-0.15, -0.1) is 11.3 Å². The van der Waals surface area contributed by atoms with Crippen LogP contribution in [0.15, 0.2) is 49.1 Å². The topological polar surface area (TPSA) is 84.3 Å². The highest BCUT2D eigenvalue weighted by molar-refractivity contribution is 7.19. The van der Waals surface area contributed by atoms with Gasteiger partial charge in [0.05, 0.1) is 35.5 Å². The van der Waals surface area contributed by atoms with Crippen molar-refractivity contribution < 1.29 is 9.53 Å². The van der Waals surface area contributed by atoms with E-state index in [1.165, 1.54) is 6.33 Å². The number of carbonyl (C=O) groups excluding carboxylic acids is 1. The van der Waals surface area contributed by atoms with Crippen molar-refractivity contribution >= 4 is 33.3 Å². The molecule has 4 heterocycles. The lowest BCUT2D eigenvalue weighted by atomic mass is 10.2. The molecule has 0 spiro atoms. The standard InChI is InChI=1S/C24H24N6O2S/c1-16-19(14-29(2)24(31)17-6-4-3-5-7-17)33-21-20(16)27-22(18-12-25-15-26-13-18)28-23(21)30-8-10-32-11-9-30/h3-7,12-13,15H,8-11,14H2,1-2H3. The van der Waals surface area contributed by atoms with Gasteiger partial charge in [-0.25, -0.2) is 19.9 Å². The third-order valence-electron chi connectivity index (χ3n) is 5.72. The monoisotopic (exact) mass is 460 g/mol. The highest BCUT2D eigenvalue weighted by atomic mass is 32.1. The van der Waals surface area contributed by atoms with Gasteiger partial charge in [-0.05, 0) is 24.6 Å². The van der Waals surface area contributed by atoms with Gasteiger partial charge >= 0.3 is 0 Å². The van der Waals surface area contributed by atoms with E-state index in [0.29, 0.717) is 31.1 Å². The first-order chi connectivity index (χ1) is 16.1. The number of aryl methyl sites for hydroxylation is 1. The van der Waals surface area contributed by atoms with Crippen molar-refractivity contribution in [3.05, 3.63) is 65.1 Å². The Morgan fingerprint density at radius 2 is 1.85 bits per heavy atom. The summed E-state index contributed by atoms with van der Waals surface area (Å²) in [6, 6.07) is 9.35. The zero-order valence-electron chi connectivity index (χ0n) is 18.6. The van der Waals surface area contributed by atoms with E-state index in [1.54, 1.807) is 28.6 Å². The first-order valence-electron chi connectivity index (χ1n) is 10.8. The van der Waals surface area contributed by atoms with Gasteiger partial charge in [0.15, 0.2) is 11.6 Å². The van der Waals surface area contributed by atoms with Crippen molar-refractivity contribution in [2.24, 2.45) is 0 Å². The number of aromatic nitrogens is 4. The third-order valence-corrected chi connectivity index (χ3v) is 6.99. The molecule has 9 heteroatoms. The lowest BCUT2D eigenvalue weighted by Crippen LogP contribution is -2.36. The van der Waals surface area contributed by atoms with E-state index in [1.807, 2.05) is 37.4 Å². The predicted molar refractivity (Wildman–Crippen MR) is 128 cm³/mol. The summed E-state index contributed by atoms with van der Waals surface area (Å²) < 4.78 is 6.59. The molecule has 1 amide bonds. The van der Waals surface area contributed by atoms with Gasteiger partial charge in [0.2, 0.25) is 0 Å². The normalized spacial score (nSPS) is 13.9. The summed E-state index contributed by atoms with van der Waals surface area (Å²) in [4.78, 5) is 36.1. The molecule has 8 nitrogen and oxygen atoms in total. The number of rotatable bonds is 5. The fourth-order valence-electron chi connectivity index (χ4n) is 3.89. The van der Waals surface area contributed by atoms with Crippen LogP contribution in [0.5, 0.6) is 0 Å². The second kappa shape index (κ2) is 9.21. The molecule has 1 aliphatic heterocycles. The minimum Gasteiger partial charge on any atom is -0.378 e. The van der Waals surface area contributed by atoms with E-state index in [0.717, 1.165) is 45.1 Å². The Morgan fingerprint density at radius 3 is 2.58 bits per heavy atom. The van der Waals surface area contributed by atoms with Gasteiger partial charge < -0.3 is 14.5 Å². The Balaban J connectivity index is 1.55. The van der Waals surface area contributed by atoms with Crippen molar-refractivity contribution in [2.75, 3.05) is 38.3 Å². The number of hydrogen-bond acceptors (Lipinski definition) is 8. The molecule has 0 radical (unpaired) electrons. The van der Waals surface area contributed by atoms with Crippen LogP contribution in [0.2, 0.25) is 0 Å². The molecule has 1 fully saturated rings. The Hall–Kier alpha value is -3.43. The van der Waals surface area contributed by atoms with Crippen molar-refractivity contribution in [3.8, 4) is 11.4 Å². The number of ether oxygens (including phenoxy) is 1. The van der Waals surface area contributed by atoms with Crippen LogP contribution in [0.3, 0.4) is 0 Å². The molecular formula is C24H24N6O2S. The molecule has 3 aromatic heterocycles. The van der Waals surface area contributed by atoms with E-state index in [4.69, 9.17) is 14.7 Å². The second-order valence-electron chi connectivity index (χ2n) is 7.95. The smallest absolute Gasteiger partial charge is 0.253 e. The quantitative estimate of drug-likeness (QED) is 0.450. The summed E-state index contributed by atoms with van der Waals surface area (Å²) in [6.07, 6.45) is 4.96. The molecule has 33 heavy (non-hydrogen) atoms. The molecule has 0 unspecified atom stereocenters. The van der Waals surface area contributed by atoms with Crippen LogP contribution in [0.4, 0.5) is 5.82 Å². The van der Waals surface area contributed by atoms with Crippen molar-refractivity contribution in [2.45, 2.75) is 13.5 Å². The summed E-state index contributed by atoms with van der Waals surface area (Å²) in [5.41, 5.74) is 3.43. The summed E-state index contributed by atoms with van der Waals surface area (Å²) in [6.45, 7) is 5.45. The number of amides is 1. The van der Waals surface area contributed by atoms with Crippen LogP contribution in [0.1, 0.15) is 20.8 Å². The van der Waals surface area contributed by atoms with E-state index in [-0.39, 0.29) is 5.91 Å². The molecule has 5 rings (SSSR count). The first kappa shape index (κ1) is 21.4. The first-order valence-corrected chi connectivity index (χ1v) is 11.6. The van der Waals surface area contributed by atoms with Gasteiger partial charge in [0.1, 0.15) is 6.33 Å². The van der Waals surface area contributed by atoms with Crippen LogP contribution >= 0.6 is 11.3 Å². The number of thiophene rings is 1. The van der Waals surface area contributed by atoms with Crippen LogP contribution in [-0.2, 0) is 11.3 Å². The molecule has 0 saturated carbocycles. The van der Waals surface area contributed by atoms with Crippen molar-refractivity contribution in [1.82, 2.24) is 24.8 Å². The number of benzene rings is 1. The summed E-state index contributed by atoms with van der Waals surface area (Å²) in [5, 5.41) is 0. The van der Waals surface area contributed by atoms with E-state index >= 15 is 0 Å². The molecule has 1 aromatic carbocycles. The fraction of sp³-hybridized carbons (Fsp3) is 0.292. The number of fused-ring (bicyclic) bond motifs is 1. The van der Waals surface area contributed by atoms with Gasteiger partial charge in [0, 0.05) is 43.0 Å². The van der Waals surface area contributed by atoms with E-state index in [2.05, 4.69) is 21.8 Å². The predicted octanol–water partition coefficient (Wildman–Crippen LogP) is 3.57. The molecule has 1 aliphatic rings. The number of carbonyl (C=O) groups is 1. The number of hydrogen-bond donors (Lipinski definition) is 0. The minimum absolute atomic E-state index is 0.00549. The largest absolute Gasteiger partial charge is 0.378 e. The molecular weight excluding hydrogens is 436 g/mol. The van der Waals surface area contributed by atoms with Crippen molar-refractivity contribution in [1.29, 1.82) is 0 Å². The lowest BCUT2D eigenvalue weighted by molar-refractivity contribution is 0.0786. The zero-order chi connectivity index (χ0) is 22.8. The number of anilines is 1. The maximum absolute atomic E-state index is 12.9. The third kappa shape index (κ3) is 4.29. The summed E-state index contributed by atoms with van der Waals surface area (Å²) in [7, 11) is 1.83. The molecule has 4 aromatic rings. The van der Waals surface area contributed by atoms with E-state index < -0.39 is 0 Å². The highest BCUT2D eigenvalue weighted by Gasteiger charge is 2.23. The minimum atomic E-state index is -0.00549. The summed E-state index contributed by atoms with van der Waals surface area (Å²) in [5.74, 6) is 1.50. The Kier molecular flexibility index (Phi) is 5.97. The maximum Gasteiger partial charge on any atom is 0.253 e. The molecule has 0 bridgehead atoms. The van der Waals surface area contributed by atoms with Crippen LogP contribution in [-0.4, -0.2) is 64.1 Å². The van der Waals surface area contributed by atoms with E-state index in [9.17, 15) is 4.79 Å². The molecule has 0 atom stereocenters. The van der Waals surface area contributed by atoms with Crippen LogP contribution < -0.4 is 4.90 Å². The van der Waals surface area contributed by atoms with Crippen molar-refractivity contribution in [3.63, 3.8) is 0 Å². The Bertz CT molecular complexity index is 1270. The van der Waals surface area contributed by atoms with Gasteiger partial charge in [-0.1, -0.05) is 18.2 Å². The maximum atomic E-state index is 12.9. The van der Waals surface area contributed by atoms with Gasteiger partial charge in [-0.3, -0.25) is 4.79 Å². The van der Waals surface area contributed by atoms with Crippen LogP contribution in [0.25, 0.3) is 21.6 Å². The fourth-order valence-corrected chi connectivity index (χ4v) is 5.21. The van der Waals surface area contributed by atoms with Crippen LogP contribution in [0, 0.1) is 6.92 Å². The SMILES string of the molecule is Cc1c(CN(C)C(=O)c2ccccc2)sc2c(N3CCOCC3)nc(-c3cncnc3)nc12. The second-order valence-corrected chi connectivity index (χ2v) is 9.06. The molecule has 0 N–H and O–H groups in total. The average Bonchev–Trinajstić information content (AvgIpc) is 3.19. The summed E-state index contributed by atoms with van der Waals surface area (Å²) >= 11 is 1.66. The van der Waals surface area contributed by atoms with Gasteiger partial charge in [-0.2, -0.15) is 0 Å². The highest BCUT2D eigenvalue weighted by Crippen LogP contribution is 2.37. The molecule has 1 saturated heterocycles. The lowest BCUT2D eigenvalue weighted by Gasteiger charge is -2.28. The Morgan fingerprint density at radius 1 is 1.12 bits per heavy atom. The number of morpholine rings is 1.